The van der Waals surface area contributed by atoms with Gasteiger partial charge in [-0.3, -0.25) is 9.69 Å². The van der Waals surface area contributed by atoms with Crippen LogP contribution in [0.2, 0.25) is 0 Å². The summed E-state index contributed by atoms with van der Waals surface area (Å²) in [5, 5.41) is 15.9. The number of nitrogens with zero attached hydrogens (tertiary/aromatic N) is 1. The lowest BCUT2D eigenvalue weighted by atomic mass is 9.67. The van der Waals surface area contributed by atoms with Crippen molar-refractivity contribution in [2.45, 2.75) is 51.7 Å². The van der Waals surface area contributed by atoms with Gasteiger partial charge < -0.3 is 15.7 Å². The van der Waals surface area contributed by atoms with Gasteiger partial charge in [-0.05, 0) is 31.2 Å². The zero-order chi connectivity index (χ0) is 15.6. The Morgan fingerprint density at radius 1 is 1.38 bits per heavy atom. The maximum atomic E-state index is 12.8. The van der Waals surface area contributed by atoms with Gasteiger partial charge in [0.2, 0.25) is 0 Å². The molecule has 21 heavy (non-hydrogen) atoms. The number of imide groups is 1. The van der Waals surface area contributed by atoms with Gasteiger partial charge in [-0.15, -0.1) is 0 Å². The second-order valence-electron chi connectivity index (χ2n) is 6.41. The van der Waals surface area contributed by atoms with E-state index in [0.29, 0.717) is 6.54 Å². The molecule has 1 spiro atoms. The monoisotopic (exact) mass is 297 g/mol. The van der Waals surface area contributed by atoms with E-state index in [9.17, 15) is 14.7 Å². The number of likely N-dealkylation sites (N-methyl/N-ethyl adjacent to an activating group) is 1. The van der Waals surface area contributed by atoms with Crippen LogP contribution in [0.5, 0.6) is 0 Å². The molecule has 3 atom stereocenters. The standard InChI is InChI=1S/C15H27N3O3/c1-4-16-8-12(19)9-18-13(20)15(17-14(18)21)10(2)6-5-7-11(15)3/h10-12,16,19H,4-9H2,1-3H3,(H,17,21). The SMILES string of the molecule is CCNCC(O)CN1C(=O)NC2(C1=O)C(C)CCCC2C. The van der Waals surface area contributed by atoms with Crippen molar-refractivity contribution in [1.29, 1.82) is 0 Å². The van der Waals surface area contributed by atoms with E-state index in [1.807, 2.05) is 20.8 Å². The predicted octanol–water partition coefficient (Wildman–Crippen LogP) is 0.704. The quantitative estimate of drug-likeness (QED) is 0.653. The number of amides is 3. The number of carbonyl (C=O) groups is 2. The van der Waals surface area contributed by atoms with E-state index in [1.165, 1.54) is 4.90 Å². The van der Waals surface area contributed by atoms with Gasteiger partial charge in [0.1, 0.15) is 5.54 Å². The Kier molecular flexibility index (Phi) is 4.88. The molecule has 2 aliphatic rings. The van der Waals surface area contributed by atoms with E-state index in [4.69, 9.17) is 0 Å². The molecule has 6 heteroatoms. The number of aliphatic hydroxyl groups excluding tert-OH is 1. The molecule has 1 saturated heterocycles. The first-order chi connectivity index (χ1) is 9.93. The molecule has 0 aromatic rings. The summed E-state index contributed by atoms with van der Waals surface area (Å²) in [4.78, 5) is 26.2. The van der Waals surface area contributed by atoms with Crippen molar-refractivity contribution in [2.75, 3.05) is 19.6 Å². The fourth-order valence-corrected chi connectivity index (χ4v) is 3.70. The number of β-amino-alcohol motifs (C(OH)–C–C–N with tert-alkyl or cyclic N) is 1. The summed E-state index contributed by atoms with van der Waals surface area (Å²) >= 11 is 0. The van der Waals surface area contributed by atoms with Crippen LogP contribution in [0.3, 0.4) is 0 Å². The highest BCUT2D eigenvalue weighted by Crippen LogP contribution is 2.42. The van der Waals surface area contributed by atoms with Crippen molar-refractivity contribution in [3.05, 3.63) is 0 Å². The minimum atomic E-state index is -0.771. The summed E-state index contributed by atoms with van der Waals surface area (Å²) in [7, 11) is 0. The molecule has 1 aliphatic carbocycles. The first kappa shape index (κ1) is 16.2. The Morgan fingerprint density at radius 3 is 2.57 bits per heavy atom. The minimum absolute atomic E-state index is 0.0544. The topological polar surface area (TPSA) is 81.7 Å². The van der Waals surface area contributed by atoms with E-state index < -0.39 is 11.6 Å². The van der Waals surface area contributed by atoms with Gasteiger partial charge >= 0.3 is 6.03 Å². The number of aliphatic hydroxyl groups is 1. The molecular weight excluding hydrogens is 270 g/mol. The molecular formula is C15H27N3O3. The highest BCUT2D eigenvalue weighted by Gasteiger charge is 2.58. The van der Waals surface area contributed by atoms with E-state index in [-0.39, 0.29) is 30.3 Å². The van der Waals surface area contributed by atoms with E-state index >= 15 is 0 Å². The maximum Gasteiger partial charge on any atom is 0.325 e. The Hall–Kier alpha value is -1.14. The van der Waals surface area contributed by atoms with Crippen LogP contribution in [0, 0.1) is 11.8 Å². The molecule has 0 aromatic heterocycles. The Bertz CT molecular complexity index is 403. The van der Waals surface area contributed by atoms with E-state index in [2.05, 4.69) is 10.6 Å². The molecule has 1 heterocycles. The van der Waals surface area contributed by atoms with Gasteiger partial charge in [0.15, 0.2) is 0 Å². The van der Waals surface area contributed by atoms with Crippen molar-refractivity contribution in [2.24, 2.45) is 11.8 Å². The predicted molar refractivity (Wildman–Crippen MR) is 79.7 cm³/mol. The lowest BCUT2D eigenvalue weighted by Gasteiger charge is -2.42. The number of rotatable bonds is 5. The van der Waals surface area contributed by atoms with Crippen LogP contribution in [0.1, 0.15) is 40.0 Å². The number of nitrogens with one attached hydrogen (secondary N) is 2. The van der Waals surface area contributed by atoms with Crippen LogP contribution in [-0.4, -0.2) is 53.2 Å². The molecule has 0 bridgehead atoms. The minimum Gasteiger partial charge on any atom is -0.390 e. The van der Waals surface area contributed by atoms with Gasteiger partial charge in [0.25, 0.3) is 5.91 Å². The molecule has 6 nitrogen and oxygen atoms in total. The summed E-state index contributed by atoms with van der Waals surface area (Å²) in [6, 6.07) is -0.365. The van der Waals surface area contributed by atoms with Crippen molar-refractivity contribution in [3.63, 3.8) is 0 Å². The average molecular weight is 297 g/mol. The Labute approximate surface area is 126 Å². The molecule has 3 unspecified atom stereocenters. The molecule has 0 radical (unpaired) electrons. The summed E-state index contributed by atoms with van der Waals surface area (Å²) in [6.45, 7) is 7.19. The van der Waals surface area contributed by atoms with Crippen LogP contribution in [0.4, 0.5) is 4.79 Å². The lowest BCUT2D eigenvalue weighted by Crippen LogP contribution is -2.59. The van der Waals surface area contributed by atoms with Crippen LogP contribution in [0.15, 0.2) is 0 Å². The smallest absolute Gasteiger partial charge is 0.325 e. The molecule has 0 aromatic carbocycles. The number of hydrogen-bond donors (Lipinski definition) is 3. The Morgan fingerprint density at radius 2 is 2.00 bits per heavy atom. The van der Waals surface area contributed by atoms with Gasteiger partial charge in [0, 0.05) is 6.54 Å². The van der Waals surface area contributed by atoms with Gasteiger partial charge in [-0.25, -0.2) is 4.79 Å². The zero-order valence-electron chi connectivity index (χ0n) is 13.2. The molecule has 2 rings (SSSR count). The van der Waals surface area contributed by atoms with Crippen LogP contribution < -0.4 is 10.6 Å². The summed E-state index contributed by atoms with van der Waals surface area (Å²) in [5.74, 6) is 0.102. The van der Waals surface area contributed by atoms with Crippen molar-refractivity contribution in [3.8, 4) is 0 Å². The molecule has 1 aliphatic heterocycles. The van der Waals surface area contributed by atoms with Crippen molar-refractivity contribution in [1.82, 2.24) is 15.5 Å². The normalized spacial score (nSPS) is 34.4. The first-order valence-electron chi connectivity index (χ1n) is 7.96. The van der Waals surface area contributed by atoms with Crippen LogP contribution in [0.25, 0.3) is 0 Å². The highest BCUT2D eigenvalue weighted by atomic mass is 16.3. The Balaban J connectivity index is 2.12. The van der Waals surface area contributed by atoms with Crippen molar-refractivity contribution < 1.29 is 14.7 Å². The third kappa shape index (κ3) is 2.79. The summed E-state index contributed by atoms with van der Waals surface area (Å²) < 4.78 is 0. The summed E-state index contributed by atoms with van der Waals surface area (Å²) in [5.41, 5.74) is -0.771. The third-order valence-electron chi connectivity index (χ3n) is 5.01. The number of hydrogen-bond acceptors (Lipinski definition) is 4. The van der Waals surface area contributed by atoms with Gasteiger partial charge in [-0.1, -0.05) is 27.2 Å². The highest BCUT2D eigenvalue weighted by molar-refractivity contribution is 6.07. The molecule has 120 valence electrons. The average Bonchev–Trinajstić information content (AvgIpc) is 2.69. The van der Waals surface area contributed by atoms with E-state index in [0.717, 1.165) is 25.8 Å². The van der Waals surface area contributed by atoms with E-state index in [1.54, 1.807) is 0 Å². The summed E-state index contributed by atoms with van der Waals surface area (Å²) in [6.07, 6.45) is 2.26. The largest absolute Gasteiger partial charge is 0.390 e. The lowest BCUT2D eigenvalue weighted by molar-refractivity contribution is -0.137. The fourth-order valence-electron chi connectivity index (χ4n) is 3.70. The van der Waals surface area contributed by atoms with Crippen LogP contribution >= 0.6 is 0 Å². The second-order valence-corrected chi connectivity index (χ2v) is 6.41. The van der Waals surface area contributed by atoms with Crippen molar-refractivity contribution >= 4 is 11.9 Å². The first-order valence-corrected chi connectivity index (χ1v) is 7.96. The molecule has 1 saturated carbocycles. The molecule has 2 fully saturated rings. The third-order valence-corrected chi connectivity index (χ3v) is 5.01. The number of carbonyl (C=O) groups excluding carboxylic acids is 2. The van der Waals surface area contributed by atoms with Gasteiger partial charge in [-0.2, -0.15) is 0 Å². The maximum absolute atomic E-state index is 12.8. The molecule has 3 N–H and O–H groups in total. The van der Waals surface area contributed by atoms with Crippen LogP contribution in [-0.2, 0) is 4.79 Å². The fraction of sp³-hybridized carbons (Fsp3) is 0.867. The second kappa shape index (κ2) is 6.32. The molecule has 3 amide bonds. The zero-order valence-corrected chi connectivity index (χ0v) is 13.2. The van der Waals surface area contributed by atoms with Gasteiger partial charge in [0.05, 0.1) is 12.6 Å². The number of urea groups is 1.